The zero-order valence-corrected chi connectivity index (χ0v) is 14.7. The van der Waals surface area contributed by atoms with Gasteiger partial charge >= 0.3 is 0 Å². The Kier molecular flexibility index (Phi) is 3.10. The Hall–Kier alpha value is -4.00. The average Bonchev–Trinajstić information content (AvgIpc) is 3.46. The van der Waals surface area contributed by atoms with Gasteiger partial charge in [-0.15, -0.1) is 0 Å². The lowest BCUT2D eigenvalue weighted by Gasteiger charge is -2.11. The van der Waals surface area contributed by atoms with Gasteiger partial charge in [-0.05, 0) is 35.4 Å². The SMILES string of the molecule is C1=NCc2cc(-c3cn4ccnc4c(Nc4ccc5ocnc5c4)n3)ccc21. The molecular weight excluding hydrogens is 352 g/mol. The minimum absolute atomic E-state index is 0.682. The third-order valence-corrected chi connectivity index (χ3v) is 4.90. The zero-order valence-electron chi connectivity index (χ0n) is 14.7. The lowest BCUT2D eigenvalue weighted by Crippen LogP contribution is -2.00. The molecule has 7 heteroatoms. The van der Waals surface area contributed by atoms with Gasteiger partial charge in [-0.2, -0.15) is 0 Å². The van der Waals surface area contributed by atoms with Crippen LogP contribution in [0.2, 0.25) is 0 Å². The van der Waals surface area contributed by atoms with Crippen molar-refractivity contribution in [2.45, 2.75) is 6.54 Å². The second-order valence-electron chi connectivity index (χ2n) is 6.68. The van der Waals surface area contributed by atoms with Crippen LogP contribution in [0.15, 0.2) is 70.8 Å². The van der Waals surface area contributed by atoms with Crippen LogP contribution in [0.5, 0.6) is 0 Å². The molecule has 0 radical (unpaired) electrons. The van der Waals surface area contributed by atoms with E-state index in [0.717, 1.165) is 40.2 Å². The number of fused-ring (bicyclic) bond motifs is 3. The molecule has 0 spiro atoms. The predicted octanol–water partition coefficient (Wildman–Crippen LogP) is 4.21. The largest absolute Gasteiger partial charge is 0.443 e. The Morgan fingerprint density at radius 1 is 1.07 bits per heavy atom. The summed E-state index contributed by atoms with van der Waals surface area (Å²) < 4.78 is 7.29. The number of aliphatic imine (C=N–C) groups is 1. The van der Waals surface area contributed by atoms with Crippen molar-refractivity contribution in [1.29, 1.82) is 0 Å². The van der Waals surface area contributed by atoms with Crippen molar-refractivity contribution >= 4 is 34.5 Å². The standard InChI is InChI=1S/C21H14N6O/c1-2-14-9-22-10-15(14)7-13(1)18-11-27-6-5-23-21(27)20(26-18)25-16-3-4-19-17(8-16)24-12-28-19/h1-9,11-12H,10H2,(H,25,26). The Bertz CT molecular complexity index is 1380. The molecule has 0 atom stereocenters. The fourth-order valence-electron chi connectivity index (χ4n) is 3.50. The van der Waals surface area contributed by atoms with Crippen LogP contribution in [0.3, 0.4) is 0 Å². The fourth-order valence-corrected chi connectivity index (χ4v) is 3.50. The molecule has 0 amide bonds. The molecule has 0 aliphatic carbocycles. The van der Waals surface area contributed by atoms with E-state index in [9.17, 15) is 0 Å². The highest BCUT2D eigenvalue weighted by Crippen LogP contribution is 2.28. The first-order valence-corrected chi connectivity index (χ1v) is 8.91. The third kappa shape index (κ3) is 2.37. The van der Waals surface area contributed by atoms with Crippen molar-refractivity contribution in [2.24, 2.45) is 4.99 Å². The smallest absolute Gasteiger partial charge is 0.181 e. The molecule has 1 aliphatic rings. The number of imidazole rings is 1. The number of aromatic nitrogens is 4. The van der Waals surface area contributed by atoms with E-state index < -0.39 is 0 Å². The molecule has 4 heterocycles. The van der Waals surface area contributed by atoms with Crippen LogP contribution in [-0.4, -0.2) is 25.6 Å². The molecular formula is C21H14N6O. The second kappa shape index (κ2) is 5.75. The minimum atomic E-state index is 0.682. The molecule has 28 heavy (non-hydrogen) atoms. The summed E-state index contributed by atoms with van der Waals surface area (Å²) in [6.07, 6.45) is 9.04. The van der Waals surface area contributed by atoms with Gasteiger partial charge in [0, 0.05) is 36.1 Å². The molecule has 134 valence electrons. The molecule has 3 aromatic heterocycles. The van der Waals surface area contributed by atoms with Crippen LogP contribution < -0.4 is 5.32 Å². The number of rotatable bonds is 3. The monoisotopic (exact) mass is 366 g/mol. The first-order chi connectivity index (χ1) is 13.8. The third-order valence-electron chi connectivity index (χ3n) is 4.90. The number of oxazole rings is 1. The van der Waals surface area contributed by atoms with Gasteiger partial charge in [0.25, 0.3) is 0 Å². The van der Waals surface area contributed by atoms with E-state index in [1.165, 1.54) is 17.5 Å². The molecule has 2 aromatic carbocycles. The molecule has 0 fully saturated rings. The summed E-state index contributed by atoms with van der Waals surface area (Å²) in [6, 6.07) is 12.1. The van der Waals surface area contributed by atoms with Gasteiger partial charge < -0.3 is 14.1 Å². The van der Waals surface area contributed by atoms with Crippen molar-refractivity contribution in [3.05, 3.63) is 72.5 Å². The Balaban J connectivity index is 1.45. The van der Waals surface area contributed by atoms with E-state index in [2.05, 4.69) is 38.5 Å². The van der Waals surface area contributed by atoms with Gasteiger partial charge in [0.05, 0.1) is 12.2 Å². The van der Waals surface area contributed by atoms with Crippen molar-refractivity contribution in [3.8, 4) is 11.3 Å². The Morgan fingerprint density at radius 3 is 3.07 bits per heavy atom. The normalized spacial score (nSPS) is 12.7. The number of nitrogens with one attached hydrogen (secondary N) is 1. The van der Waals surface area contributed by atoms with Crippen LogP contribution in [0.4, 0.5) is 11.5 Å². The van der Waals surface area contributed by atoms with Crippen LogP contribution in [0, 0.1) is 0 Å². The van der Waals surface area contributed by atoms with E-state index in [1.54, 1.807) is 6.20 Å². The van der Waals surface area contributed by atoms with Crippen LogP contribution in [0.25, 0.3) is 28.0 Å². The summed E-state index contributed by atoms with van der Waals surface area (Å²) in [7, 11) is 0. The quantitative estimate of drug-likeness (QED) is 0.517. The van der Waals surface area contributed by atoms with Gasteiger partial charge in [-0.1, -0.05) is 12.1 Å². The molecule has 5 aromatic rings. The van der Waals surface area contributed by atoms with Gasteiger partial charge in [-0.3, -0.25) is 4.99 Å². The second-order valence-corrected chi connectivity index (χ2v) is 6.68. The highest BCUT2D eigenvalue weighted by molar-refractivity contribution is 5.86. The van der Waals surface area contributed by atoms with Crippen molar-refractivity contribution < 1.29 is 4.42 Å². The number of nitrogens with zero attached hydrogens (tertiary/aromatic N) is 5. The summed E-state index contributed by atoms with van der Waals surface area (Å²) in [5.74, 6) is 0.682. The molecule has 6 rings (SSSR count). The lowest BCUT2D eigenvalue weighted by molar-refractivity contribution is 0.602. The lowest BCUT2D eigenvalue weighted by atomic mass is 10.0. The first kappa shape index (κ1) is 15.1. The number of hydrogen-bond acceptors (Lipinski definition) is 6. The molecule has 0 unspecified atom stereocenters. The number of benzene rings is 2. The van der Waals surface area contributed by atoms with Crippen LogP contribution in [0.1, 0.15) is 11.1 Å². The molecule has 7 nitrogen and oxygen atoms in total. The molecule has 1 aliphatic heterocycles. The fraction of sp³-hybridized carbons (Fsp3) is 0.0476. The topological polar surface area (TPSA) is 80.6 Å². The van der Waals surface area contributed by atoms with E-state index in [1.807, 2.05) is 41.2 Å². The predicted molar refractivity (Wildman–Crippen MR) is 107 cm³/mol. The maximum absolute atomic E-state index is 5.31. The first-order valence-electron chi connectivity index (χ1n) is 8.91. The number of hydrogen-bond donors (Lipinski definition) is 1. The van der Waals surface area contributed by atoms with Gasteiger partial charge in [0.1, 0.15) is 5.52 Å². The molecule has 1 N–H and O–H groups in total. The zero-order chi connectivity index (χ0) is 18.5. The van der Waals surface area contributed by atoms with E-state index >= 15 is 0 Å². The molecule has 0 bridgehead atoms. The molecule has 0 saturated carbocycles. The highest BCUT2D eigenvalue weighted by atomic mass is 16.3. The van der Waals surface area contributed by atoms with Crippen molar-refractivity contribution in [1.82, 2.24) is 19.4 Å². The minimum Gasteiger partial charge on any atom is -0.443 e. The van der Waals surface area contributed by atoms with Gasteiger partial charge in [0.2, 0.25) is 0 Å². The van der Waals surface area contributed by atoms with Gasteiger partial charge in [-0.25, -0.2) is 15.0 Å². The van der Waals surface area contributed by atoms with Gasteiger partial charge in [0.15, 0.2) is 23.4 Å². The highest BCUT2D eigenvalue weighted by Gasteiger charge is 2.13. The van der Waals surface area contributed by atoms with Crippen molar-refractivity contribution in [3.63, 3.8) is 0 Å². The Morgan fingerprint density at radius 2 is 2.07 bits per heavy atom. The van der Waals surface area contributed by atoms with E-state index in [4.69, 9.17) is 9.40 Å². The summed E-state index contributed by atoms with van der Waals surface area (Å²) >= 11 is 0. The summed E-state index contributed by atoms with van der Waals surface area (Å²) in [6.45, 7) is 0.722. The maximum Gasteiger partial charge on any atom is 0.181 e. The maximum atomic E-state index is 5.31. The van der Waals surface area contributed by atoms with Crippen LogP contribution >= 0.6 is 0 Å². The van der Waals surface area contributed by atoms with E-state index in [-0.39, 0.29) is 0 Å². The summed E-state index contributed by atoms with van der Waals surface area (Å²) in [5.41, 5.74) is 7.48. The molecule has 0 saturated heterocycles. The van der Waals surface area contributed by atoms with Crippen molar-refractivity contribution in [2.75, 3.05) is 5.32 Å². The Labute approximate surface area is 159 Å². The van der Waals surface area contributed by atoms with E-state index in [0.29, 0.717) is 5.82 Å². The number of anilines is 2. The average molecular weight is 366 g/mol. The summed E-state index contributed by atoms with van der Waals surface area (Å²) in [5, 5.41) is 3.38. The van der Waals surface area contributed by atoms with Crippen LogP contribution in [-0.2, 0) is 6.54 Å². The summed E-state index contributed by atoms with van der Waals surface area (Å²) in [4.78, 5) is 17.8.